The second-order valence-electron chi connectivity index (χ2n) is 17.3. The average Bonchev–Trinajstić information content (AvgIpc) is 3.21. The highest BCUT2D eigenvalue weighted by molar-refractivity contribution is 5.76. The van der Waals surface area contributed by atoms with E-state index in [1.807, 2.05) is 0 Å². The highest BCUT2D eigenvalue weighted by atomic mass is 16.7. The fourth-order valence-electron chi connectivity index (χ4n) is 7.92. The Labute approximate surface area is 350 Å². The SMILES string of the molecule is CCCCCCCCCC/C=C/CCCC[C@@H](O)[C@H](CO[C@H]1O[C@@H](CO)[C@H](O)C(O)C1O)NC(=O)CCCCCCCCCCCCCCCCCCCCCC. The molecular weight excluding hydrogens is 719 g/mol. The minimum Gasteiger partial charge on any atom is -0.394 e. The van der Waals surface area contributed by atoms with E-state index < -0.39 is 49.5 Å². The number of carbonyl (C=O) groups is 1. The molecule has 0 aliphatic carbocycles. The van der Waals surface area contributed by atoms with Gasteiger partial charge in [-0.2, -0.15) is 0 Å². The molecule has 1 aliphatic rings. The molecule has 0 spiro atoms. The van der Waals surface area contributed by atoms with Gasteiger partial charge in [-0.15, -0.1) is 0 Å². The third-order valence-electron chi connectivity index (χ3n) is 11.9. The number of rotatable bonds is 41. The molecule has 0 aromatic carbocycles. The van der Waals surface area contributed by atoms with Gasteiger partial charge in [0.1, 0.15) is 24.4 Å². The molecule has 0 aromatic heterocycles. The van der Waals surface area contributed by atoms with Gasteiger partial charge in [0.15, 0.2) is 6.29 Å². The molecule has 1 rings (SSSR count). The summed E-state index contributed by atoms with van der Waals surface area (Å²) in [5, 5.41) is 54.4. The molecule has 7 atom stereocenters. The first-order valence-corrected chi connectivity index (χ1v) is 24.4. The van der Waals surface area contributed by atoms with Gasteiger partial charge in [-0.3, -0.25) is 4.79 Å². The monoisotopic (exact) mass is 812 g/mol. The maximum absolute atomic E-state index is 13.0. The minimum atomic E-state index is -1.55. The van der Waals surface area contributed by atoms with Gasteiger partial charge in [-0.25, -0.2) is 0 Å². The Kier molecular flexibility index (Phi) is 37.0. The van der Waals surface area contributed by atoms with Gasteiger partial charge in [0, 0.05) is 6.42 Å². The summed E-state index contributed by atoms with van der Waals surface area (Å²) >= 11 is 0. The quantitative estimate of drug-likeness (QED) is 0.0264. The summed E-state index contributed by atoms with van der Waals surface area (Å²) in [7, 11) is 0. The minimum absolute atomic E-state index is 0.145. The van der Waals surface area contributed by atoms with Crippen molar-refractivity contribution in [3.8, 4) is 0 Å². The molecule has 338 valence electrons. The number of unbranched alkanes of at least 4 members (excludes halogenated alkanes) is 29. The van der Waals surface area contributed by atoms with Crippen LogP contribution in [0.5, 0.6) is 0 Å². The van der Waals surface area contributed by atoms with Gasteiger partial charge in [0.25, 0.3) is 0 Å². The molecule has 0 radical (unpaired) electrons. The number of aliphatic hydroxyl groups excluding tert-OH is 5. The molecule has 2 unspecified atom stereocenters. The Bertz CT molecular complexity index is 904. The molecule has 57 heavy (non-hydrogen) atoms. The largest absolute Gasteiger partial charge is 0.394 e. The second kappa shape index (κ2) is 39.1. The predicted octanol–water partition coefficient (Wildman–Crippen LogP) is 10.5. The molecule has 0 bridgehead atoms. The smallest absolute Gasteiger partial charge is 0.220 e. The summed E-state index contributed by atoms with van der Waals surface area (Å²) in [6, 6.07) is -0.729. The first-order valence-electron chi connectivity index (χ1n) is 24.4. The summed E-state index contributed by atoms with van der Waals surface area (Å²) < 4.78 is 11.3. The van der Waals surface area contributed by atoms with Crippen molar-refractivity contribution in [3.05, 3.63) is 12.2 Å². The number of allylic oxidation sites excluding steroid dienone is 2. The zero-order valence-corrected chi connectivity index (χ0v) is 37.1. The van der Waals surface area contributed by atoms with E-state index in [0.717, 1.165) is 44.9 Å². The van der Waals surface area contributed by atoms with E-state index in [1.54, 1.807) is 0 Å². The Balaban J connectivity index is 2.28. The van der Waals surface area contributed by atoms with Crippen LogP contribution in [0.3, 0.4) is 0 Å². The van der Waals surface area contributed by atoms with Crippen molar-refractivity contribution in [1.29, 1.82) is 0 Å². The number of hydrogen-bond acceptors (Lipinski definition) is 8. The van der Waals surface area contributed by atoms with Crippen LogP contribution in [0.15, 0.2) is 12.2 Å². The van der Waals surface area contributed by atoms with E-state index >= 15 is 0 Å². The summed E-state index contributed by atoms with van der Waals surface area (Å²) in [6.07, 6.45) is 38.0. The molecular formula is C48H93NO8. The van der Waals surface area contributed by atoms with Crippen molar-refractivity contribution in [3.63, 3.8) is 0 Å². The van der Waals surface area contributed by atoms with E-state index in [1.165, 1.54) is 161 Å². The van der Waals surface area contributed by atoms with Crippen LogP contribution >= 0.6 is 0 Å². The lowest BCUT2D eigenvalue weighted by Gasteiger charge is -2.40. The van der Waals surface area contributed by atoms with Gasteiger partial charge >= 0.3 is 0 Å². The van der Waals surface area contributed by atoms with E-state index in [0.29, 0.717) is 12.8 Å². The van der Waals surface area contributed by atoms with Crippen LogP contribution < -0.4 is 5.32 Å². The van der Waals surface area contributed by atoms with Gasteiger partial charge in [0.2, 0.25) is 5.91 Å². The molecule has 0 saturated carbocycles. The van der Waals surface area contributed by atoms with E-state index in [-0.39, 0.29) is 12.5 Å². The molecule has 1 fully saturated rings. The highest BCUT2D eigenvalue weighted by Crippen LogP contribution is 2.23. The van der Waals surface area contributed by atoms with Crippen LogP contribution in [0.4, 0.5) is 0 Å². The lowest BCUT2D eigenvalue weighted by Crippen LogP contribution is -2.60. The lowest BCUT2D eigenvalue weighted by atomic mass is 9.99. The topological polar surface area (TPSA) is 149 Å². The van der Waals surface area contributed by atoms with Gasteiger partial charge < -0.3 is 40.3 Å². The van der Waals surface area contributed by atoms with Crippen LogP contribution in [-0.4, -0.2) is 87.5 Å². The molecule has 1 heterocycles. The van der Waals surface area contributed by atoms with Gasteiger partial charge in [0.05, 0.1) is 25.4 Å². The lowest BCUT2D eigenvalue weighted by molar-refractivity contribution is -0.302. The van der Waals surface area contributed by atoms with Gasteiger partial charge in [-0.1, -0.05) is 199 Å². The van der Waals surface area contributed by atoms with Crippen molar-refractivity contribution >= 4 is 5.91 Å². The molecule has 9 nitrogen and oxygen atoms in total. The molecule has 0 aromatic rings. The Hall–Kier alpha value is -1.07. The van der Waals surface area contributed by atoms with Crippen molar-refractivity contribution in [1.82, 2.24) is 5.32 Å². The van der Waals surface area contributed by atoms with Crippen molar-refractivity contribution in [2.24, 2.45) is 0 Å². The second-order valence-corrected chi connectivity index (χ2v) is 17.3. The Morgan fingerprint density at radius 2 is 0.982 bits per heavy atom. The molecule has 1 saturated heterocycles. The third kappa shape index (κ3) is 29.7. The number of ether oxygens (including phenoxy) is 2. The number of carbonyl (C=O) groups excluding carboxylic acids is 1. The van der Waals surface area contributed by atoms with Crippen LogP contribution in [-0.2, 0) is 14.3 Å². The fraction of sp³-hybridized carbons (Fsp3) is 0.938. The van der Waals surface area contributed by atoms with Crippen molar-refractivity contribution < 1.29 is 39.8 Å². The zero-order chi connectivity index (χ0) is 41.6. The highest BCUT2D eigenvalue weighted by Gasteiger charge is 2.44. The fourth-order valence-corrected chi connectivity index (χ4v) is 7.92. The third-order valence-corrected chi connectivity index (χ3v) is 11.9. The Morgan fingerprint density at radius 3 is 1.42 bits per heavy atom. The van der Waals surface area contributed by atoms with Crippen molar-refractivity contribution in [2.45, 2.75) is 275 Å². The van der Waals surface area contributed by atoms with E-state index in [2.05, 4.69) is 31.3 Å². The molecule has 9 heteroatoms. The van der Waals surface area contributed by atoms with Crippen LogP contribution in [0, 0.1) is 0 Å². The van der Waals surface area contributed by atoms with Crippen LogP contribution in [0.2, 0.25) is 0 Å². The normalized spacial score (nSPS) is 21.0. The zero-order valence-electron chi connectivity index (χ0n) is 37.1. The number of nitrogens with one attached hydrogen (secondary N) is 1. The first-order chi connectivity index (χ1) is 27.8. The standard InChI is InChI=1S/C48H93NO8/c1-3-5-7-9-11-13-15-17-19-20-21-22-23-24-26-28-30-32-34-36-38-44(52)49-41(40-56-48-47(55)46(54)45(53)43(39-50)57-48)42(51)37-35-33-31-29-27-25-18-16-14-12-10-8-6-4-2/h27,29,41-43,45-48,50-51,53-55H,3-26,28,30-40H2,1-2H3,(H,49,52)/b29-27+/t41-,42+,43-,45-,46?,47?,48-/m0/s1. The van der Waals surface area contributed by atoms with Crippen LogP contribution in [0.25, 0.3) is 0 Å². The number of hydrogen-bond donors (Lipinski definition) is 6. The maximum Gasteiger partial charge on any atom is 0.220 e. The Morgan fingerprint density at radius 1 is 0.579 bits per heavy atom. The van der Waals surface area contributed by atoms with Gasteiger partial charge in [-0.05, 0) is 38.5 Å². The number of aliphatic hydroxyl groups is 5. The van der Waals surface area contributed by atoms with Crippen LogP contribution in [0.1, 0.15) is 232 Å². The summed E-state index contributed by atoms with van der Waals surface area (Å²) in [5.41, 5.74) is 0. The van der Waals surface area contributed by atoms with E-state index in [4.69, 9.17) is 9.47 Å². The molecule has 6 N–H and O–H groups in total. The van der Waals surface area contributed by atoms with Crippen molar-refractivity contribution in [2.75, 3.05) is 13.2 Å². The first kappa shape index (κ1) is 53.9. The summed E-state index contributed by atoms with van der Waals surface area (Å²) in [4.78, 5) is 13.0. The maximum atomic E-state index is 13.0. The number of amides is 1. The molecule has 1 amide bonds. The molecule has 1 aliphatic heterocycles. The average molecular weight is 812 g/mol. The predicted molar refractivity (Wildman–Crippen MR) is 235 cm³/mol. The van der Waals surface area contributed by atoms with E-state index in [9.17, 15) is 30.3 Å². The summed E-state index contributed by atoms with van der Waals surface area (Å²) in [5.74, 6) is -0.150. The summed E-state index contributed by atoms with van der Waals surface area (Å²) in [6.45, 7) is 3.83.